The van der Waals surface area contributed by atoms with Gasteiger partial charge in [-0.15, -0.1) is 11.8 Å². The summed E-state index contributed by atoms with van der Waals surface area (Å²) in [6.45, 7) is 4.28. The molecule has 0 saturated carbocycles. The molecule has 0 bridgehead atoms. The first-order chi connectivity index (χ1) is 13.3. The third-order valence-electron chi connectivity index (χ3n) is 5.15. The third-order valence-corrected chi connectivity index (χ3v) is 7.90. The van der Waals surface area contributed by atoms with Gasteiger partial charge in [-0.2, -0.15) is 4.31 Å². The van der Waals surface area contributed by atoms with Crippen molar-refractivity contribution in [1.82, 2.24) is 4.31 Å². The van der Waals surface area contributed by atoms with Crippen molar-refractivity contribution in [2.24, 2.45) is 0 Å². The van der Waals surface area contributed by atoms with E-state index in [0.717, 1.165) is 29.7 Å². The van der Waals surface area contributed by atoms with E-state index in [0.29, 0.717) is 17.8 Å². The highest BCUT2D eigenvalue weighted by Crippen LogP contribution is 2.27. The molecule has 1 N–H and O–H groups in total. The number of sulfonamides is 1. The summed E-state index contributed by atoms with van der Waals surface area (Å²) in [6, 6.07) is 12.3. The standard InChI is InChI=1S/C21H26N2O3S2/c1-15-7-12-19(28(25,26)23-13-5-4-6-16(23)2)14-20(15)21(24)22-17-8-10-18(27-3)11-9-17/h7-12,14,16H,4-6,13H2,1-3H3,(H,22,24). The minimum atomic E-state index is -3.62. The van der Waals surface area contributed by atoms with Crippen molar-refractivity contribution >= 4 is 33.4 Å². The highest BCUT2D eigenvalue weighted by molar-refractivity contribution is 7.98. The summed E-state index contributed by atoms with van der Waals surface area (Å²) in [4.78, 5) is 14.1. The van der Waals surface area contributed by atoms with Crippen LogP contribution in [0.5, 0.6) is 0 Å². The number of carbonyl (C=O) groups excluding carboxylic acids is 1. The number of nitrogens with one attached hydrogen (secondary N) is 1. The topological polar surface area (TPSA) is 66.5 Å². The van der Waals surface area contributed by atoms with E-state index in [9.17, 15) is 13.2 Å². The Balaban J connectivity index is 1.87. The molecule has 0 spiro atoms. The lowest BCUT2D eigenvalue weighted by atomic mass is 10.1. The van der Waals surface area contributed by atoms with Gasteiger partial charge in [0.05, 0.1) is 4.90 Å². The highest BCUT2D eigenvalue weighted by Gasteiger charge is 2.31. The zero-order valence-corrected chi connectivity index (χ0v) is 18.1. The molecule has 1 aliphatic heterocycles. The van der Waals surface area contributed by atoms with E-state index in [1.807, 2.05) is 44.4 Å². The second kappa shape index (κ2) is 8.68. The lowest BCUT2D eigenvalue weighted by Gasteiger charge is -2.32. The van der Waals surface area contributed by atoms with Crippen LogP contribution < -0.4 is 5.32 Å². The molecule has 0 aliphatic carbocycles. The lowest BCUT2D eigenvalue weighted by Crippen LogP contribution is -2.42. The number of hydrogen-bond donors (Lipinski definition) is 1. The van der Waals surface area contributed by atoms with Crippen LogP contribution in [0.4, 0.5) is 5.69 Å². The fraction of sp³-hybridized carbons (Fsp3) is 0.381. The van der Waals surface area contributed by atoms with Crippen molar-refractivity contribution in [3.05, 3.63) is 53.6 Å². The maximum atomic E-state index is 13.1. The van der Waals surface area contributed by atoms with Crippen molar-refractivity contribution in [1.29, 1.82) is 0 Å². The second-order valence-corrected chi connectivity index (χ2v) is 9.89. The summed E-state index contributed by atoms with van der Waals surface area (Å²) >= 11 is 1.63. The molecule has 0 radical (unpaired) electrons. The maximum Gasteiger partial charge on any atom is 0.255 e. The number of carbonyl (C=O) groups is 1. The van der Waals surface area contributed by atoms with Gasteiger partial charge in [0.15, 0.2) is 0 Å². The van der Waals surface area contributed by atoms with Gasteiger partial charge in [0.25, 0.3) is 5.91 Å². The Bertz CT molecular complexity index is 956. The Morgan fingerprint density at radius 3 is 2.50 bits per heavy atom. The maximum absolute atomic E-state index is 13.1. The number of aryl methyl sites for hydroxylation is 1. The number of benzene rings is 2. The first-order valence-corrected chi connectivity index (χ1v) is 12.1. The van der Waals surface area contributed by atoms with Crippen LogP contribution in [0.2, 0.25) is 0 Å². The van der Waals surface area contributed by atoms with Crippen LogP contribution in [0, 0.1) is 6.92 Å². The molecule has 150 valence electrons. The fourth-order valence-corrected chi connectivity index (χ4v) is 5.58. The predicted octanol–water partition coefficient (Wildman–Crippen LogP) is 4.53. The molecule has 1 atom stereocenters. The van der Waals surface area contributed by atoms with E-state index < -0.39 is 10.0 Å². The monoisotopic (exact) mass is 418 g/mol. The summed E-state index contributed by atoms with van der Waals surface area (Å²) in [5.41, 5.74) is 1.80. The summed E-state index contributed by atoms with van der Waals surface area (Å²) < 4.78 is 27.8. The minimum absolute atomic E-state index is 0.0210. The average Bonchev–Trinajstić information content (AvgIpc) is 2.69. The van der Waals surface area contributed by atoms with Gasteiger partial charge in [-0.1, -0.05) is 12.5 Å². The Morgan fingerprint density at radius 1 is 1.14 bits per heavy atom. The van der Waals surface area contributed by atoms with Crippen molar-refractivity contribution < 1.29 is 13.2 Å². The van der Waals surface area contributed by atoms with E-state index in [-0.39, 0.29) is 16.8 Å². The normalized spacial score (nSPS) is 18.0. The van der Waals surface area contributed by atoms with E-state index in [1.54, 1.807) is 28.2 Å². The summed E-state index contributed by atoms with van der Waals surface area (Å²) in [5.74, 6) is -0.307. The summed E-state index contributed by atoms with van der Waals surface area (Å²) in [7, 11) is -3.62. The van der Waals surface area contributed by atoms with Crippen LogP contribution in [-0.4, -0.2) is 37.5 Å². The van der Waals surface area contributed by atoms with Gasteiger partial charge >= 0.3 is 0 Å². The molecule has 2 aromatic rings. The average molecular weight is 419 g/mol. The van der Waals surface area contributed by atoms with Crippen LogP contribution in [0.1, 0.15) is 42.1 Å². The first kappa shape index (κ1) is 20.9. The van der Waals surface area contributed by atoms with Gasteiger partial charge in [-0.25, -0.2) is 8.42 Å². The Hall–Kier alpha value is -1.83. The van der Waals surface area contributed by atoms with Crippen LogP contribution >= 0.6 is 11.8 Å². The number of thioether (sulfide) groups is 1. The SMILES string of the molecule is CSc1ccc(NC(=O)c2cc(S(=O)(=O)N3CCCCC3C)ccc2C)cc1. The van der Waals surface area contributed by atoms with Crippen LogP contribution in [-0.2, 0) is 10.0 Å². The van der Waals surface area contributed by atoms with Crippen LogP contribution in [0.15, 0.2) is 52.3 Å². The quantitative estimate of drug-likeness (QED) is 0.725. The number of piperidine rings is 1. The van der Waals surface area contributed by atoms with E-state index in [4.69, 9.17) is 0 Å². The molecule has 1 aliphatic rings. The predicted molar refractivity (Wildman–Crippen MR) is 115 cm³/mol. The van der Waals surface area contributed by atoms with E-state index in [1.165, 1.54) is 6.07 Å². The fourth-order valence-electron chi connectivity index (χ4n) is 3.44. The molecule has 5 nitrogen and oxygen atoms in total. The molecule has 1 unspecified atom stereocenters. The smallest absolute Gasteiger partial charge is 0.255 e. The zero-order chi connectivity index (χ0) is 20.3. The molecule has 1 heterocycles. The molecule has 1 saturated heterocycles. The number of nitrogens with zero attached hydrogens (tertiary/aromatic N) is 1. The molecule has 3 rings (SSSR count). The van der Waals surface area contributed by atoms with Crippen molar-refractivity contribution in [2.75, 3.05) is 18.1 Å². The molecule has 2 aromatic carbocycles. The molecule has 1 fully saturated rings. The van der Waals surface area contributed by atoms with Gasteiger partial charge < -0.3 is 5.32 Å². The molecular formula is C21H26N2O3S2. The van der Waals surface area contributed by atoms with Gasteiger partial charge in [0.2, 0.25) is 10.0 Å². The minimum Gasteiger partial charge on any atom is -0.322 e. The number of hydrogen-bond acceptors (Lipinski definition) is 4. The van der Waals surface area contributed by atoms with Crippen molar-refractivity contribution in [3.63, 3.8) is 0 Å². The zero-order valence-electron chi connectivity index (χ0n) is 16.4. The molecule has 7 heteroatoms. The van der Waals surface area contributed by atoms with E-state index >= 15 is 0 Å². The Kier molecular flexibility index (Phi) is 6.47. The second-order valence-electron chi connectivity index (χ2n) is 7.12. The molecule has 1 amide bonds. The lowest BCUT2D eigenvalue weighted by molar-refractivity contribution is 0.102. The molecule has 28 heavy (non-hydrogen) atoms. The van der Waals surface area contributed by atoms with Gasteiger partial charge in [-0.3, -0.25) is 4.79 Å². The van der Waals surface area contributed by atoms with E-state index in [2.05, 4.69) is 5.32 Å². The Morgan fingerprint density at radius 2 is 1.86 bits per heavy atom. The highest BCUT2D eigenvalue weighted by atomic mass is 32.2. The van der Waals surface area contributed by atoms with Gasteiger partial charge in [0.1, 0.15) is 0 Å². The number of rotatable bonds is 5. The van der Waals surface area contributed by atoms with Crippen molar-refractivity contribution in [2.45, 2.75) is 48.9 Å². The van der Waals surface area contributed by atoms with Gasteiger partial charge in [-0.05, 0) is 74.9 Å². The third kappa shape index (κ3) is 4.42. The first-order valence-electron chi connectivity index (χ1n) is 9.41. The largest absolute Gasteiger partial charge is 0.322 e. The van der Waals surface area contributed by atoms with Gasteiger partial charge in [0, 0.05) is 28.7 Å². The summed E-state index contributed by atoms with van der Waals surface area (Å²) in [6.07, 6.45) is 4.77. The number of anilines is 1. The summed E-state index contributed by atoms with van der Waals surface area (Å²) in [5, 5.41) is 2.86. The molecule has 0 aromatic heterocycles. The van der Waals surface area contributed by atoms with Crippen LogP contribution in [0.3, 0.4) is 0 Å². The van der Waals surface area contributed by atoms with Crippen LogP contribution in [0.25, 0.3) is 0 Å². The molecular weight excluding hydrogens is 392 g/mol. The number of amides is 1. The Labute approximate surface area is 171 Å². The van der Waals surface area contributed by atoms with Crippen molar-refractivity contribution in [3.8, 4) is 0 Å².